The fourth-order valence-electron chi connectivity index (χ4n) is 1.98. The first kappa shape index (κ1) is 8.74. The Kier molecular flexibility index (Phi) is 2.62. The Labute approximate surface area is 79.8 Å². The van der Waals surface area contributed by atoms with Gasteiger partial charge in [0.25, 0.3) is 0 Å². The summed E-state index contributed by atoms with van der Waals surface area (Å²) in [5, 5.41) is 0. The highest BCUT2D eigenvalue weighted by Crippen LogP contribution is 2.27. The van der Waals surface area contributed by atoms with Crippen LogP contribution in [-0.4, -0.2) is 5.78 Å². The molecule has 13 heavy (non-hydrogen) atoms. The molecule has 0 radical (unpaired) electrons. The second-order valence-electron chi connectivity index (χ2n) is 3.78. The lowest BCUT2D eigenvalue weighted by atomic mass is 9.94. The van der Waals surface area contributed by atoms with E-state index >= 15 is 0 Å². The molecule has 0 spiro atoms. The smallest absolute Gasteiger partial charge is 0.213 e. The normalized spacial score (nSPS) is 22.4. The molecular formula is C12H17O+. The van der Waals surface area contributed by atoms with Gasteiger partial charge in [-0.2, -0.15) is 0 Å². The van der Waals surface area contributed by atoms with Gasteiger partial charge in [0.05, 0.1) is 12.5 Å². The quantitative estimate of drug-likeness (QED) is 0.544. The van der Waals surface area contributed by atoms with E-state index in [9.17, 15) is 0 Å². The fourth-order valence-corrected chi connectivity index (χ4v) is 1.98. The molecular weight excluding hydrogens is 160 g/mol. The number of allylic oxidation sites excluding steroid dienone is 3. The van der Waals surface area contributed by atoms with Gasteiger partial charge in [-0.05, 0) is 25.7 Å². The van der Waals surface area contributed by atoms with E-state index in [4.69, 9.17) is 4.42 Å². The number of ketones is 1. The molecule has 0 saturated heterocycles. The van der Waals surface area contributed by atoms with E-state index in [1.807, 2.05) is 0 Å². The minimum atomic E-state index is 1.01. The van der Waals surface area contributed by atoms with Crippen LogP contribution in [0.25, 0.3) is 0 Å². The standard InChI is InChI=1S/C12H17O/c1-2-11-8-9-12(13-11)10-6-4-3-5-7-10/h8-9H,2-7H2,1H3/q+1. The van der Waals surface area contributed by atoms with Gasteiger partial charge in [-0.3, -0.25) is 0 Å². The Hall–Kier alpha value is -0.850. The summed E-state index contributed by atoms with van der Waals surface area (Å²) in [4.78, 5) is 0. The zero-order valence-electron chi connectivity index (χ0n) is 8.31. The van der Waals surface area contributed by atoms with Crippen LogP contribution in [0.3, 0.4) is 0 Å². The van der Waals surface area contributed by atoms with Gasteiger partial charge in [0.15, 0.2) is 0 Å². The molecule has 1 heteroatoms. The molecule has 0 N–H and O–H groups in total. The minimum absolute atomic E-state index is 1.01. The fraction of sp³-hybridized carbons (Fsp3) is 0.583. The average molecular weight is 177 g/mol. The van der Waals surface area contributed by atoms with Crippen LogP contribution in [0.5, 0.6) is 0 Å². The molecule has 1 heterocycles. The monoisotopic (exact) mass is 177 g/mol. The van der Waals surface area contributed by atoms with Crippen LogP contribution in [0.4, 0.5) is 0 Å². The average Bonchev–Trinajstić information content (AvgIpc) is 2.67. The number of rotatable bonds is 1. The van der Waals surface area contributed by atoms with Crippen molar-refractivity contribution in [2.75, 3.05) is 0 Å². The Morgan fingerprint density at radius 2 is 1.92 bits per heavy atom. The van der Waals surface area contributed by atoms with Crippen LogP contribution in [0, 0.1) is 0 Å². The van der Waals surface area contributed by atoms with Crippen molar-refractivity contribution in [3.05, 3.63) is 23.5 Å². The summed E-state index contributed by atoms with van der Waals surface area (Å²) in [5.74, 6) is 2.27. The first-order valence-corrected chi connectivity index (χ1v) is 5.34. The van der Waals surface area contributed by atoms with Crippen LogP contribution < -0.4 is 0 Å². The van der Waals surface area contributed by atoms with Crippen LogP contribution in [0.1, 0.15) is 45.4 Å². The highest BCUT2D eigenvalue weighted by Gasteiger charge is 2.23. The van der Waals surface area contributed by atoms with Gasteiger partial charge in [0.1, 0.15) is 0 Å². The summed E-state index contributed by atoms with van der Waals surface area (Å²) in [6.45, 7) is 2.13. The van der Waals surface area contributed by atoms with Crippen molar-refractivity contribution in [1.82, 2.24) is 0 Å². The zero-order chi connectivity index (χ0) is 9.10. The topological polar surface area (TPSA) is 11.3 Å². The molecule has 1 aliphatic carbocycles. The van der Waals surface area contributed by atoms with Crippen molar-refractivity contribution >= 4 is 5.78 Å². The predicted octanol–water partition coefficient (Wildman–Crippen LogP) is 3.29. The molecule has 1 nitrogen and oxygen atoms in total. The van der Waals surface area contributed by atoms with Crippen LogP contribution in [0.2, 0.25) is 0 Å². The van der Waals surface area contributed by atoms with Gasteiger partial charge >= 0.3 is 11.5 Å². The van der Waals surface area contributed by atoms with Crippen molar-refractivity contribution in [1.29, 1.82) is 0 Å². The maximum atomic E-state index is 5.74. The molecule has 0 aromatic heterocycles. The Bertz CT molecular complexity index is 273. The SMILES string of the molecule is CCC1=[O+]C(=C2CCCCC2)C=C1. The van der Waals surface area contributed by atoms with E-state index in [0.29, 0.717) is 0 Å². The third-order valence-corrected chi connectivity index (χ3v) is 2.82. The van der Waals surface area contributed by atoms with E-state index in [0.717, 1.165) is 18.0 Å². The number of hydrogen-bond acceptors (Lipinski definition) is 0. The molecule has 0 aromatic rings. The Balaban J connectivity index is 2.16. The van der Waals surface area contributed by atoms with E-state index in [1.54, 1.807) is 0 Å². The number of carbonyl (C=O) groups excluding carboxylic acids is 1. The van der Waals surface area contributed by atoms with Crippen LogP contribution in [-0.2, 0) is 4.42 Å². The van der Waals surface area contributed by atoms with E-state index in [1.165, 1.54) is 37.7 Å². The van der Waals surface area contributed by atoms with E-state index in [2.05, 4.69) is 19.1 Å². The summed E-state index contributed by atoms with van der Waals surface area (Å²) in [6, 6.07) is 0. The van der Waals surface area contributed by atoms with Gasteiger partial charge in [-0.25, -0.2) is 4.42 Å². The van der Waals surface area contributed by atoms with Gasteiger partial charge in [-0.1, -0.05) is 13.3 Å². The van der Waals surface area contributed by atoms with Gasteiger partial charge in [-0.15, -0.1) is 0 Å². The van der Waals surface area contributed by atoms with Crippen molar-refractivity contribution in [3.63, 3.8) is 0 Å². The number of hydrogen-bond donors (Lipinski definition) is 0. The predicted molar refractivity (Wildman–Crippen MR) is 54.5 cm³/mol. The van der Waals surface area contributed by atoms with Gasteiger partial charge < -0.3 is 0 Å². The maximum Gasteiger partial charge on any atom is 0.352 e. The van der Waals surface area contributed by atoms with Crippen LogP contribution in [0.15, 0.2) is 23.5 Å². The second-order valence-corrected chi connectivity index (χ2v) is 3.78. The summed E-state index contributed by atoms with van der Waals surface area (Å²) >= 11 is 0. The molecule has 1 fully saturated rings. The summed E-state index contributed by atoms with van der Waals surface area (Å²) in [5.41, 5.74) is 1.53. The summed E-state index contributed by atoms with van der Waals surface area (Å²) in [6.07, 6.45) is 11.8. The molecule has 2 rings (SSSR count). The summed E-state index contributed by atoms with van der Waals surface area (Å²) < 4.78 is 5.74. The highest BCUT2D eigenvalue weighted by molar-refractivity contribution is 5.91. The van der Waals surface area contributed by atoms with E-state index in [-0.39, 0.29) is 0 Å². The van der Waals surface area contributed by atoms with Gasteiger partial charge in [0, 0.05) is 11.6 Å². The van der Waals surface area contributed by atoms with Gasteiger partial charge in [0.2, 0.25) is 0 Å². The summed E-state index contributed by atoms with van der Waals surface area (Å²) in [7, 11) is 0. The largest absolute Gasteiger partial charge is 0.352 e. The molecule has 0 aromatic carbocycles. The first-order valence-electron chi connectivity index (χ1n) is 5.34. The molecule has 0 bridgehead atoms. The zero-order valence-corrected chi connectivity index (χ0v) is 8.31. The lowest BCUT2D eigenvalue weighted by Crippen LogP contribution is -1.97. The first-order chi connectivity index (χ1) is 6.40. The third-order valence-electron chi connectivity index (χ3n) is 2.82. The van der Waals surface area contributed by atoms with Crippen molar-refractivity contribution in [3.8, 4) is 0 Å². The van der Waals surface area contributed by atoms with Crippen molar-refractivity contribution in [2.24, 2.45) is 0 Å². The van der Waals surface area contributed by atoms with Crippen molar-refractivity contribution in [2.45, 2.75) is 45.4 Å². The molecule has 1 aliphatic heterocycles. The lowest BCUT2D eigenvalue weighted by Gasteiger charge is -2.09. The highest BCUT2D eigenvalue weighted by atomic mass is 16.4. The minimum Gasteiger partial charge on any atom is -0.213 e. The Morgan fingerprint density at radius 3 is 2.54 bits per heavy atom. The van der Waals surface area contributed by atoms with Crippen molar-refractivity contribution < 1.29 is 4.42 Å². The molecule has 70 valence electrons. The van der Waals surface area contributed by atoms with E-state index < -0.39 is 0 Å². The maximum absolute atomic E-state index is 5.74. The molecule has 0 amide bonds. The molecule has 1 saturated carbocycles. The van der Waals surface area contributed by atoms with Crippen LogP contribution >= 0.6 is 0 Å². The molecule has 0 atom stereocenters. The second kappa shape index (κ2) is 3.91. The molecule has 0 unspecified atom stereocenters. The Morgan fingerprint density at radius 1 is 1.15 bits per heavy atom. The third kappa shape index (κ3) is 1.90. The molecule has 2 aliphatic rings. The lowest BCUT2D eigenvalue weighted by molar-refractivity contribution is -0.389.